The molecular weight excluding hydrogens is 348 g/mol. The lowest BCUT2D eigenvalue weighted by Crippen LogP contribution is -2.48. The zero-order valence-electron chi connectivity index (χ0n) is 16.6. The molecule has 3 rings (SSSR count). The summed E-state index contributed by atoms with van der Waals surface area (Å²) in [4.78, 5) is 22.7. The number of aldehydes is 1. The van der Waals surface area contributed by atoms with Gasteiger partial charge >= 0.3 is 5.97 Å². The van der Waals surface area contributed by atoms with Crippen molar-refractivity contribution >= 4 is 23.9 Å². The van der Waals surface area contributed by atoms with E-state index in [0.29, 0.717) is 23.2 Å². The first-order valence-corrected chi connectivity index (χ1v) is 10.6. The number of esters is 1. The van der Waals surface area contributed by atoms with Crippen molar-refractivity contribution in [1.29, 1.82) is 0 Å². The van der Waals surface area contributed by atoms with Crippen LogP contribution in [-0.4, -0.2) is 18.4 Å². The lowest BCUT2D eigenvalue weighted by Gasteiger charge is -2.56. The quantitative estimate of drug-likeness (QED) is 0.457. The minimum Gasteiger partial charge on any atom is -0.463 e. The van der Waals surface area contributed by atoms with E-state index in [1.54, 1.807) is 0 Å². The van der Waals surface area contributed by atoms with Crippen molar-refractivity contribution in [3.63, 3.8) is 0 Å². The Morgan fingerprint density at radius 2 is 2.04 bits per heavy atom. The Labute approximate surface area is 162 Å². The lowest BCUT2D eigenvalue weighted by molar-refractivity contribution is -0.146. The van der Waals surface area contributed by atoms with Gasteiger partial charge in [-0.25, -0.2) is 0 Å². The molecule has 2 saturated carbocycles. The summed E-state index contributed by atoms with van der Waals surface area (Å²) in [5.41, 5.74) is 1.15. The van der Waals surface area contributed by atoms with Gasteiger partial charge in [-0.1, -0.05) is 31.9 Å². The molecule has 0 spiro atoms. The maximum absolute atomic E-state index is 11.5. The minimum absolute atomic E-state index is 0.00223. The zero-order valence-corrected chi connectivity index (χ0v) is 17.4. The average molecular weight is 381 g/mol. The van der Waals surface area contributed by atoms with Crippen molar-refractivity contribution in [3.05, 3.63) is 10.6 Å². The molecule has 0 aromatic carbocycles. The first-order valence-electron chi connectivity index (χ1n) is 10.2. The largest absolute Gasteiger partial charge is 0.463 e. The van der Waals surface area contributed by atoms with Gasteiger partial charge in [0.2, 0.25) is 0 Å². The summed E-state index contributed by atoms with van der Waals surface area (Å²) in [5.74, 6) is 1.67. The maximum atomic E-state index is 11.5. The van der Waals surface area contributed by atoms with Crippen LogP contribution in [0.25, 0.3) is 0 Å². The fraction of sp³-hybridized carbons (Fsp3) is 0.818. The van der Waals surface area contributed by atoms with Crippen LogP contribution in [0.2, 0.25) is 0 Å². The van der Waals surface area contributed by atoms with Gasteiger partial charge in [-0.05, 0) is 75.0 Å². The molecule has 6 unspecified atom stereocenters. The standard InChI is InChI=1S/C22H33ClO3/c1-14(26-15(2)25)7-10-21(3)9-5-6-17-18(21)8-11-22(4)19(17)12-16(13-24)20(22)23/h13-14,17-19H,5-12H2,1-4H3. The molecular formula is C22H33ClO3. The SMILES string of the molecule is CC(=O)OC(C)CCC1(C)CCCC2C1CCC1(C)C(Cl)=C(C=O)CC21. The Morgan fingerprint density at radius 3 is 2.69 bits per heavy atom. The monoisotopic (exact) mass is 380 g/mol. The lowest BCUT2D eigenvalue weighted by atomic mass is 9.49. The second kappa shape index (κ2) is 7.30. The van der Waals surface area contributed by atoms with E-state index in [1.807, 2.05) is 6.92 Å². The van der Waals surface area contributed by atoms with E-state index in [4.69, 9.17) is 16.3 Å². The van der Waals surface area contributed by atoms with Crippen LogP contribution in [0.4, 0.5) is 0 Å². The summed E-state index contributed by atoms with van der Waals surface area (Å²) in [6, 6.07) is 0. The third-order valence-corrected chi connectivity index (χ3v) is 8.54. The maximum Gasteiger partial charge on any atom is 0.302 e. The Morgan fingerprint density at radius 1 is 1.31 bits per heavy atom. The van der Waals surface area contributed by atoms with Crippen LogP contribution in [0.1, 0.15) is 79.1 Å². The number of allylic oxidation sites excluding steroid dienone is 2. The van der Waals surface area contributed by atoms with Crippen LogP contribution in [0, 0.1) is 28.6 Å². The molecule has 3 aliphatic carbocycles. The number of rotatable bonds is 5. The molecule has 0 aromatic heterocycles. The van der Waals surface area contributed by atoms with Crippen molar-refractivity contribution < 1.29 is 14.3 Å². The summed E-state index contributed by atoms with van der Waals surface area (Å²) in [6.07, 6.45) is 9.92. The van der Waals surface area contributed by atoms with Gasteiger partial charge in [0.1, 0.15) is 6.29 Å². The molecule has 146 valence electrons. The first kappa shape index (κ1) is 19.9. The van der Waals surface area contributed by atoms with Crippen molar-refractivity contribution in [2.45, 2.75) is 85.2 Å². The Balaban J connectivity index is 1.74. The molecule has 0 N–H and O–H groups in total. The van der Waals surface area contributed by atoms with E-state index in [1.165, 1.54) is 32.6 Å². The van der Waals surface area contributed by atoms with Gasteiger partial charge in [-0.15, -0.1) is 0 Å². The van der Waals surface area contributed by atoms with E-state index in [-0.39, 0.29) is 17.5 Å². The Hall–Kier alpha value is -0.830. The van der Waals surface area contributed by atoms with E-state index >= 15 is 0 Å². The van der Waals surface area contributed by atoms with Gasteiger partial charge in [-0.2, -0.15) is 0 Å². The van der Waals surface area contributed by atoms with E-state index < -0.39 is 0 Å². The predicted molar refractivity (Wildman–Crippen MR) is 104 cm³/mol. The van der Waals surface area contributed by atoms with E-state index in [0.717, 1.165) is 42.6 Å². The summed E-state index contributed by atoms with van der Waals surface area (Å²) in [6.45, 7) is 8.21. The number of ether oxygens (including phenoxy) is 1. The Bertz CT molecular complexity index is 613. The molecule has 0 amide bonds. The average Bonchev–Trinajstić information content (AvgIpc) is 2.84. The molecule has 0 aliphatic heterocycles. The van der Waals surface area contributed by atoms with Crippen molar-refractivity contribution in [2.24, 2.45) is 28.6 Å². The van der Waals surface area contributed by atoms with Crippen molar-refractivity contribution in [1.82, 2.24) is 0 Å². The molecule has 3 aliphatic rings. The molecule has 6 atom stereocenters. The molecule has 0 heterocycles. The normalized spacial score (nSPS) is 40.6. The van der Waals surface area contributed by atoms with Gasteiger partial charge < -0.3 is 4.74 Å². The third kappa shape index (κ3) is 3.37. The van der Waals surface area contributed by atoms with Gasteiger partial charge in [0.25, 0.3) is 0 Å². The number of hydrogen-bond donors (Lipinski definition) is 0. The zero-order chi connectivity index (χ0) is 19.1. The van der Waals surface area contributed by atoms with Gasteiger partial charge in [0.15, 0.2) is 0 Å². The highest BCUT2D eigenvalue weighted by Crippen LogP contribution is 2.65. The topological polar surface area (TPSA) is 43.4 Å². The van der Waals surface area contributed by atoms with Crippen molar-refractivity contribution in [2.75, 3.05) is 0 Å². The third-order valence-electron chi connectivity index (χ3n) is 7.86. The number of fused-ring (bicyclic) bond motifs is 3. The molecule has 26 heavy (non-hydrogen) atoms. The number of carbonyl (C=O) groups is 2. The summed E-state index contributed by atoms with van der Waals surface area (Å²) in [5, 5.41) is 0.840. The Kier molecular flexibility index (Phi) is 5.59. The number of halogens is 1. The van der Waals surface area contributed by atoms with Gasteiger partial charge in [-0.3, -0.25) is 9.59 Å². The van der Waals surface area contributed by atoms with Gasteiger partial charge in [0, 0.05) is 22.9 Å². The van der Waals surface area contributed by atoms with E-state index in [2.05, 4.69) is 13.8 Å². The molecule has 4 heteroatoms. The van der Waals surface area contributed by atoms with Gasteiger partial charge in [0.05, 0.1) is 6.10 Å². The van der Waals surface area contributed by atoms with Crippen LogP contribution in [0.5, 0.6) is 0 Å². The first-order chi connectivity index (χ1) is 12.2. The van der Waals surface area contributed by atoms with Crippen LogP contribution in [0.15, 0.2) is 10.6 Å². The fourth-order valence-electron chi connectivity index (χ4n) is 6.43. The number of hydrogen-bond acceptors (Lipinski definition) is 3. The highest BCUT2D eigenvalue weighted by molar-refractivity contribution is 6.32. The molecule has 3 nitrogen and oxygen atoms in total. The molecule has 2 fully saturated rings. The second-order valence-corrected chi connectivity index (χ2v) is 9.88. The summed E-state index contributed by atoms with van der Waals surface area (Å²) < 4.78 is 5.35. The van der Waals surface area contributed by atoms with Crippen LogP contribution >= 0.6 is 11.6 Å². The summed E-state index contributed by atoms with van der Waals surface area (Å²) in [7, 11) is 0. The van der Waals surface area contributed by atoms with Crippen molar-refractivity contribution in [3.8, 4) is 0 Å². The van der Waals surface area contributed by atoms with E-state index in [9.17, 15) is 9.59 Å². The van der Waals surface area contributed by atoms with Crippen LogP contribution in [-0.2, 0) is 14.3 Å². The minimum atomic E-state index is -0.189. The van der Waals surface area contributed by atoms with Crippen LogP contribution in [0.3, 0.4) is 0 Å². The molecule has 0 radical (unpaired) electrons. The fourth-order valence-corrected chi connectivity index (χ4v) is 6.79. The second-order valence-electron chi connectivity index (χ2n) is 9.50. The molecule has 0 bridgehead atoms. The van der Waals surface area contributed by atoms with Crippen LogP contribution < -0.4 is 0 Å². The predicted octanol–water partition coefficient (Wildman–Crippen LogP) is 5.65. The smallest absolute Gasteiger partial charge is 0.302 e. The number of carbonyl (C=O) groups excluding carboxylic acids is 2. The summed E-state index contributed by atoms with van der Waals surface area (Å²) >= 11 is 6.65. The highest BCUT2D eigenvalue weighted by Gasteiger charge is 2.56. The highest BCUT2D eigenvalue weighted by atomic mass is 35.5. The molecule has 0 saturated heterocycles. The molecule has 0 aromatic rings.